The Bertz CT molecular complexity index is 721. The van der Waals surface area contributed by atoms with Gasteiger partial charge in [0.2, 0.25) is 0 Å². The highest BCUT2D eigenvalue weighted by molar-refractivity contribution is 5.80. The molecule has 1 aromatic carbocycles. The maximum absolute atomic E-state index is 12.0. The fraction of sp³-hybridized carbons (Fsp3) is 0.444. The van der Waals surface area contributed by atoms with Gasteiger partial charge in [0.15, 0.2) is 5.43 Å². The van der Waals surface area contributed by atoms with Crippen LogP contribution in [0.25, 0.3) is 10.9 Å². The van der Waals surface area contributed by atoms with Gasteiger partial charge in [-0.25, -0.2) is 0 Å². The third kappa shape index (κ3) is 4.58. The van der Waals surface area contributed by atoms with E-state index in [9.17, 15) is 9.59 Å². The molecule has 0 unspecified atom stereocenters. The summed E-state index contributed by atoms with van der Waals surface area (Å²) in [6.07, 6.45) is 5.01. The molecular weight excluding hydrogens is 294 g/mol. The second kappa shape index (κ2) is 8.36. The first-order valence-corrected chi connectivity index (χ1v) is 7.98. The largest absolute Gasteiger partial charge is 0.497 e. The smallest absolute Gasteiger partial charge is 0.305 e. The average molecular weight is 317 g/mol. The van der Waals surface area contributed by atoms with Gasteiger partial charge in [0, 0.05) is 30.6 Å². The summed E-state index contributed by atoms with van der Waals surface area (Å²) in [5.74, 6) is 0.551. The number of unbranched alkanes of at least 4 members (excludes halogenated alkanes) is 2. The number of aromatic nitrogens is 1. The van der Waals surface area contributed by atoms with Crippen molar-refractivity contribution in [3.8, 4) is 5.75 Å². The molecule has 0 atom stereocenters. The van der Waals surface area contributed by atoms with Gasteiger partial charge in [-0.1, -0.05) is 6.42 Å². The number of hydrogen-bond donors (Lipinski definition) is 0. The number of fused-ring (bicyclic) bond motifs is 1. The van der Waals surface area contributed by atoms with Crippen molar-refractivity contribution >= 4 is 16.9 Å². The second-order valence-corrected chi connectivity index (χ2v) is 5.37. The first-order chi connectivity index (χ1) is 11.2. The standard InChI is InChI=1S/C18H23NO4/c1-3-23-18(21)7-5-4-6-11-19-12-10-17(20)15-13-14(22-2)8-9-16(15)19/h8-10,12-13H,3-7,11H2,1-2H3. The number of ether oxygens (including phenoxy) is 2. The molecule has 0 aliphatic heterocycles. The summed E-state index contributed by atoms with van der Waals surface area (Å²) in [6, 6.07) is 7.13. The van der Waals surface area contributed by atoms with Crippen LogP contribution in [0.4, 0.5) is 0 Å². The van der Waals surface area contributed by atoms with E-state index in [-0.39, 0.29) is 11.4 Å². The summed E-state index contributed by atoms with van der Waals surface area (Å²) < 4.78 is 12.2. The molecular formula is C18H23NO4. The lowest BCUT2D eigenvalue weighted by Gasteiger charge is -2.11. The zero-order valence-electron chi connectivity index (χ0n) is 13.7. The highest BCUT2D eigenvalue weighted by atomic mass is 16.5. The summed E-state index contributed by atoms with van der Waals surface area (Å²) >= 11 is 0. The molecule has 5 heteroatoms. The molecule has 124 valence electrons. The van der Waals surface area contributed by atoms with Crippen LogP contribution in [0.2, 0.25) is 0 Å². The number of rotatable bonds is 8. The maximum atomic E-state index is 12.0. The zero-order valence-corrected chi connectivity index (χ0v) is 13.7. The van der Waals surface area contributed by atoms with Crippen molar-refractivity contribution < 1.29 is 14.3 Å². The predicted molar refractivity (Wildman–Crippen MR) is 89.9 cm³/mol. The van der Waals surface area contributed by atoms with Gasteiger partial charge in [0.05, 0.1) is 19.2 Å². The van der Waals surface area contributed by atoms with Crippen LogP contribution in [0.1, 0.15) is 32.6 Å². The highest BCUT2D eigenvalue weighted by Crippen LogP contribution is 2.18. The van der Waals surface area contributed by atoms with Gasteiger partial charge >= 0.3 is 5.97 Å². The molecule has 0 saturated carbocycles. The molecule has 0 N–H and O–H groups in total. The molecule has 0 radical (unpaired) electrons. The van der Waals surface area contributed by atoms with E-state index in [1.54, 1.807) is 19.2 Å². The Morgan fingerprint density at radius 3 is 2.74 bits per heavy atom. The number of benzene rings is 1. The number of aryl methyl sites for hydroxylation is 1. The summed E-state index contributed by atoms with van der Waals surface area (Å²) in [7, 11) is 1.59. The third-order valence-corrected chi connectivity index (χ3v) is 3.77. The van der Waals surface area contributed by atoms with Gasteiger partial charge < -0.3 is 14.0 Å². The monoisotopic (exact) mass is 317 g/mol. The molecule has 0 aliphatic carbocycles. The van der Waals surface area contributed by atoms with Crippen LogP contribution in [-0.4, -0.2) is 24.3 Å². The van der Waals surface area contributed by atoms with Crippen LogP contribution in [0.3, 0.4) is 0 Å². The molecule has 1 heterocycles. The van der Waals surface area contributed by atoms with Gasteiger partial charge in [-0.2, -0.15) is 0 Å². The van der Waals surface area contributed by atoms with E-state index in [1.165, 1.54) is 0 Å². The third-order valence-electron chi connectivity index (χ3n) is 3.77. The minimum atomic E-state index is -0.131. The normalized spacial score (nSPS) is 10.7. The van der Waals surface area contributed by atoms with Crippen molar-refractivity contribution in [1.29, 1.82) is 0 Å². The average Bonchev–Trinajstić information content (AvgIpc) is 2.56. The minimum absolute atomic E-state index is 0.00235. The van der Waals surface area contributed by atoms with Crippen LogP contribution < -0.4 is 10.2 Å². The molecule has 2 rings (SSSR count). The fourth-order valence-corrected chi connectivity index (χ4v) is 2.57. The lowest BCUT2D eigenvalue weighted by molar-refractivity contribution is -0.143. The number of carbonyl (C=O) groups excluding carboxylic acids is 1. The van der Waals surface area contributed by atoms with E-state index in [2.05, 4.69) is 4.57 Å². The van der Waals surface area contributed by atoms with Crippen LogP contribution in [-0.2, 0) is 16.1 Å². The Labute approximate surface area is 135 Å². The van der Waals surface area contributed by atoms with Crippen LogP contribution in [0.15, 0.2) is 35.3 Å². The number of carbonyl (C=O) groups is 1. The Balaban J connectivity index is 1.97. The molecule has 2 aromatic rings. The van der Waals surface area contributed by atoms with Gasteiger partial charge in [-0.3, -0.25) is 9.59 Å². The van der Waals surface area contributed by atoms with Crippen LogP contribution >= 0.6 is 0 Å². The minimum Gasteiger partial charge on any atom is -0.497 e. The quantitative estimate of drug-likeness (QED) is 0.554. The number of nitrogens with zero attached hydrogens (tertiary/aromatic N) is 1. The number of hydrogen-bond acceptors (Lipinski definition) is 4. The maximum Gasteiger partial charge on any atom is 0.305 e. The van der Waals surface area contributed by atoms with E-state index >= 15 is 0 Å². The Kier molecular flexibility index (Phi) is 6.20. The van der Waals surface area contributed by atoms with Gasteiger partial charge in [-0.05, 0) is 38.0 Å². The summed E-state index contributed by atoms with van der Waals surface area (Å²) in [4.78, 5) is 23.3. The van der Waals surface area contributed by atoms with Crippen molar-refractivity contribution in [3.63, 3.8) is 0 Å². The molecule has 0 fully saturated rings. The fourth-order valence-electron chi connectivity index (χ4n) is 2.57. The van der Waals surface area contributed by atoms with Crippen molar-refractivity contribution in [2.75, 3.05) is 13.7 Å². The van der Waals surface area contributed by atoms with Gasteiger partial charge in [-0.15, -0.1) is 0 Å². The molecule has 0 amide bonds. The summed E-state index contributed by atoms with van der Waals surface area (Å²) in [6.45, 7) is 3.06. The molecule has 0 saturated heterocycles. The SMILES string of the molecule is CCOC(=O)CCCCCn1ccc(=O)c2cc(OC)ccc21. The van der Waals surface area contributed by atoms with E-state index in [0.717, 1.165) is 31.3 Å². The Morgan fingerprint density at radius 2 is 2.00 bits per heavy atom. The van der Waals surface area contributed by atoms with Crippen LogP contribution in [0, 0.1) is 0 Å². The highest BCUT2D eigenvalue weighted by Gasteiger charge is 2.05. The van der Waals surface area contributed by atoms with Crippen molar-refractivity contribution in [1.82, 2.24) is 4.57 Å². The molecule has 0 bridgehead atoms. The van der Waals surface area contributed by atoms with Gasteiger partial charge in [0.1, 0.15) is 5.75 Å². The number of esters is 1. The first-order valence-electron chi connectivity index (χ1n) is 7.98. The topological polar surface area (TPSA) is 57.5 Å². The molecule has 0 spiro atoms. The molecule has 23 heavy (non-hydrogen) atoms. The van der Waals surface area contributed by atoms with Gasteiger partial charge in [0.25, 0.3) is 0 Å². The number of pyridine rings is 1. The first kappa shape index (κ1) is 17.1. The second-order valence-electron chi connectivity index (χ2n) is 5.37. The van der Waals surface area contributed by atoms with E-state index in [4.69, 9.17) is 9.47 Å². The summed E-state index contributed by atoms with van der Waals surface area (Å²) in [5, 5.41) is 0.665. The zero-order chi connectivity index (χ0) is 16.7. The van der Waals surface area contributed by atoms with E-state index in [1.807, 2.05) is 25.3 Å². The van der Waals surface area contributed by atoms with Crippen molar-refractivity contribution in [2.45, 2.75) is 39.2 Å². The summed E-state index contributed by atoms with van der Waals surface area (Å²) in [5.41, 5.74) is 0.904. The predicted octanol–water partition coefficient (Wildman–Crippen LogP) is 3.13. The Hall–Kier alpha value is -2.30. The van der Waals surface area contributed by atoms with Crippen LogP contribution in [0.5, 0.6) is 5.75 Å². The van der Waals surface area contributed by atoms with Crippen molar-refractivity contribution in [3.05, 3.63) is 40.7 Å². The van der Waals surface area contributed by atoms with Crippen molar-refractivity contribution in [2.24, 2.45) is 0 Å². The Morgan fingerprint density at radius 1 is 1.17 bits per heavy atom. The van der Waals surface area contributed by atoms with E-state index in [0.29, 0.717) is 24.2 Å². The van der Waals surface area contributed by atoms with E-state index < -0.39 is 0 Å². The molecule has 5 nitrogen and oxygen atoms in total. The molecule has 1 aromatic heterocycles. The lowest BCUT2D eigenvalue weighted by atomic mass is 10.1. The molecule has 0 aliphatic rings. The lowest BCUT2D eigenvalue weighted by Crippen LogP contribution is -2.08. The number of methoxy groups -OCH3 is 1.